The number of ether oxygens (including phenoxy) is 3. The van der Waals surface area contributed by atoms with Crippen molar-refractivity contribution in [3.8, 4) is 0 Å². The Labute approximate surface area is 582 Å². The fourth-order valence-corrected chi connectivity index (χ4v) is 7.98. The number of carbonyl (C=O) groups is 3. The van der Waals surface area contributed by atoms with E-state index in [-0.39, 0.29) is 19.4 Å². The summed E-state index contributed by atoms with van der Waals surface area (Å²) in [7, 11) is -4.77. The van der Waals surface area contributed by atoms with Crippen molar-refractivity contribution in [2.75, 3.05) is 39.6 Å². The van der Waals surface area contributed by atoms with Gasteiger partial charge in [0.25, 0.3) is 0 Å². The first kappa shape index (κ1) is 98.9. The lowest BCUT2D eigenvalue weighted by molar-refractivity contribution is -0.909. The average Bonchev–Trinajstić information content (AvgIpc) is 0.953. The number of hydrogen-bond acceptors (Lipinski definition) is 54. The van der Waals surface area contributed by atoms with Gasteiger partial charge in [-0.05, 0) is 53.1 Å². The molecule has 57 heteroatoms. The van der Waals surface area contributed by atoms with Gasteiger partial charge in [-0.1, -0.05) is 194 Å². The molecule has 0 aromatic rings. The van der Waals surface area contributed by atoms with E-state index in [1.165, 1.54) is 135 Å². The molecule has 0 spiro atoms. The van der Waals surface area contributed by atoms with Crippen molar-refractivity contribution >= 4 is 25.9 Å². The van der Waals surface area contributed by atoms with Gasteiger partial charge in [0.05, 0.1) is 13.2 Å². The molecule has 0 heterocycles. The largest absolute Gasteiger partial charge is 0.472 e. The van der Waals surface area contributed by atoms with Crippen LogP contribution in [0.1, 0.15) is 219 Å². The molecule has 612 valence electrons. The minimum absolute atomic E-state index is 0.109. The number of esters is 2. The lowest BCUT2D eigenvalue weighted by Gasteiger charge is -2.20. The summed E-state index contributed by atoms with van der Waals surface area (Å²) in [6.07, 6.45) is 35.1. The highest BCUT2D eigenvalue weighted by Gasteiger charge is 2.26. The number of nitrogens with two attached hydrogens (primary N) is 1. The molecule has 0 aliphatic heterocycles. The predicted molar refractivity (Wildman–Crippen MR) is 287 cm³/mol. The summed E-state index contributed by atoms with van der Waals surface area (Å²) in [5.74, 6) is -1.06. The zero-order valence-corrected chi connectivity index (χ0v) is 56.6. The number of carbonyl (C=O) groups excluding carboxylic acids is 3. The molecule has 0 rings (SSSR count). The Kier molecular flexibility index (Phi) is 81.8. The van der Waals surface area contributed by atoms with Crippen molar-refractivity contribution < 1.29 is 268 Å². The number of nitrogens with one attached hydrogen (secondary N) is 1. The number of hydrogen-bond donors (Lipinski definition) is 3. The highest BCUT2D eigenvalue weighted by Crippen LogP contribution is 2.43. The molecule has 2 atom stereocenters. The van der Waals surface area contributed by atoms with Crippen LogP contribution in [0.3, 0.4) is 0 Å². The van der Waals surface area contributed by atoms with E-state index in [2.05, 4.69) is 241 Å². The van der Waals surface area contributed by atoms with Gasteiger partial charge in [-0.3, -0.25) is 18.6 Å². The van der Waals surface area contributed by atoms with Crippen LogP contribution in [0.2, 0.25) is 0 Å². The predicted octanol–water partition coefficient (Wildman–Crippen LogP) is 9.33. The van der Waals surface area contributed by atoms with Crippen molar-refractivity contribution in [2.24, 2.45) is 5.73 Å². The second-order valence-corrected chi connectivity index (χ2v) is 20.4. The van der Waals surface area contributed by atoms with Gasteiger partial charge >= 0.3 is 25.9 Å². The number of phosphoric acid groups is 1. The fourth-order valence-electron chi connectivity index (χ4n) is 7.23. The molecule has 4 N–H and O–H groups in total. The Morgan fingerprint density at radius 3 is 0.932 bits per heavy atom. The van der Waals surface area contributed by atoms with Crippen LogP contribution >= 0.6 is 7.82 Å². The van der Waals surface area contributed by atoms with Crippen LogP contribution in [0.5, 0.6) is 0 Å². The van der Waals surface area contributed by atoms with Crippen LogP contribution in [0, 0.1) is 0 Å². The van der Waals surface area contributed by atoms with Crippen LogP contribution in [0.25, 0.3) is 0 Å². The van der Waals surface area contributed by atoms with Gasteiger partial charge in [0.1, 0.15) is 26.1 Å². The molecular formula is C46H89N2O54P. The highest BCUT2D eigenvalue weighted by molar-refractivity contribution is 7.47. The minimum Gasteiger partial charge on any atom is -0.462 e. The van der Waals surface area contributed by atoms with Gasteiger partial charge in [-0.2, -0.15) is 0 Å². The average molecular weight is 1570 g/mol. The molecule has 0 saturated carbocycles. The van der Waals surface area contributed by atoms with E-state index in [1.54, 1.807) is 0 Å². The quantitative estimate of drug-likeness (QED) is 0.00970. The van der Waals surface area contributed by atoms with Crippen LogP contribution in [-0.4, -0.2) is 68.6 Å². The van der Waals surface area contributed by atoms with E-state index in [0.717, 1.165) is 57.4 Å². The lowest BCUT2D eigenvalue weighted by atomic mass is 10.0. The van der Waals surface area contributed by atoms with Crippen molar-refractivity contribution in [1.82, 2.24) is 5.32 Å². The molecule has 56 nitrogen and oxygen atoms in total. The smallest absolute Gasteiger partial charge is 0.462 e. The molecule has 0 radical (unpaired) electrons. The maximum atomic E-state index is 12.9. The molecule has 0 aromatic heterocycles. The van der Waals surface area contributed by atoms with Gasteiger partial charge in [-0.25, -0.2) is 14.2 Å². The second kappa shape index (κ2) is 85.2. The Balaban J connectivity index is 3.90. The second-order valence-electron chi connectivity index (χ2n) is 19.0. The van der Waals surface area contributed by atoms with Gasteiger partial charge < -0.3 is 35.0 Å². The number of unbranched alkanes of at least 4 members (excludes halogenated alkanes) is 28. The Hall–Kier alpha value is -4.06. The molecule has 0 saturated heterocycles. The maximum Gasteiger partial charge on any atom is 0.472 e. The van der Waals surface area contributed by atoms with Crippen molar-refractivity contribution in [3.63, 3.8) is 0 Å². The monoisotopic (exact) mass is 1560 g/mol. The SMILES string of the molecule is CCCCCCCCCCCCCCCCCC(=O)OC[C@H](COP(=O)(O)OCCNC(=O)OCCOOOOOOOOOOOOOOOOOOOOOOOOOOOOOOOOOOOOOOOOOOOO/C=C\N)OC(=O)CCCCCCCCCCCCCCCCC. The first-order chi connectivity index (χ1) is 50.7. The molecule has 0 aromatic carbocycles. The summed E-state index contributed by atoms with van der Waals surface area (Å²) in [6.45, 7) is 1.71. The lowest BCUT2D eigenvalue weighted by Crippen LogP contribution is -2.30. The van der Waals surface area contributed by atoms with Gasteiger partial charge in [-0.15, -0.1) is 0 Å². The molecule has 103 heavy (non-hydrogen) atoms. The third-order valence-corrected chi connectivity index (χ3v) is 12.5. The molecular weight excluding hydrogens is 1480 g/mol. The van der Waals surface area contributed by atoms with E-state index in [9.17, 15) is 23.8 Å². The summed E-state index contributed by atoms with van der Waals surface area (Å²) in [5, 5.41) is 154. The third-order valence-electron chi connectivity index (χ3n) is 11.5. The summed E-state index contributed by atoms with van der Waals surface area (Å²) in [6, 6.07) is 0. The standard InChI is InChI=1S/C46H89N2O54P/c1-3-5-7-9-11-13-15-17-19-21-23-25-27-29-31-33-44(49)55-41-43(60-45(50)34-32-30-28-26-24-22-20-18-16-14-12-10-8-6-4-2)42-59-103(52,53)58-38-36-48-46(51)54-39-40-57-62-64-66-68-70-72-74-76-78-80-82-84-86-88-90-92-94-96-98-100-102-101-99-97-95-93-91-89-87-85-83-81-79-77-75-73-71-69-67-65-63-61-56-37-35-47/h35,37,43H,3-34,36,38-42,47H2,1-2H3,(H,48,51)(H,52,53)/b37-35-/t43-/m1/s1. The van der Waals surface area contributed by atoms with Crippen LogP contribution in [0.15, 0.2) is 12.5 Å². The van der Waals surface area contributed by atoms with Crippen LogP contribution in [-0.2, 0) is 259 Å². The Bertz CT molecular complexity index is 1820. The minimum atomic E-state index is -4.77. The normalized spacial score (nSPS) is 12.5. The summed E-state index contributed by atoms with van der Waals surface area (Å²) < 4.78 is 38.4. The Morgan fingerprint density at radius 1 is 0.340 bits per heavy atom. The zero-order chi connectivity index (χ0) is 74.4. The summed E-state index contributed by atoms with van der Waals surface area (Å²) >= 11 is 0. The Morgan fingerprint density at radius 2 is 0.621 bits per heavy atom. The number of alkyl carbamates (subject to hydrolysis) is 1. The van der Waals surface area contributed by atoms with E-state index in [0.29, 0.717) is 12.8 Å². The van der Waals surface area contributed by atoms with Gasteiger partial charge in [0.15, 0.2) is 6.10 Å². The molecule has 0 fully saturated rings. The first-order valence-electron chi connectivity index (χ1n) is 31.3. The van der Waals surface area contributed by atoms with E-state index in [1.807, 2.05) is 0 Å². The molecule has 0 aliphatic rings. The van der Waals surface area contributed by atoms with Gasteiger partial charge in [0, 0.05) is 197 Å². The van der Waals surface area contributed by atoms with E-state index >= 15 is 0 Å². The molecule has 1 amide bonds. The third kappa shape index (κ3) is 85.1. The number of phosphoric ester groups is 1. The van der Waals surface area contributed by atoms with E-state index in [4.69, 9.17) is 29.0 Å². The fraction of sp³-hybridized carbons (Fsp3) is 0.891. The van der Waals surface area contributed by atoms with E-state index < -0.39 is 65.0 Å². The topological polar surface area (TPSA) is 579 Å². The zero-order valence-electron chi connectivity index (χ0n) is 55.7. The summed E-state index contributed by atoms with van der Waals surface area (Å²) in [5.41, 5.74) is 4.88. The summed E-state index contributed by atoms with van der Waals surface area (Å²) in [4.78, 5) is 56.3. The number of amides is 1. The van der Waals surface area contributed by atoms with Crippen molar-refractivity contribution in [2.45, 2.75) is 225 Å². The van der Waals surface area contributed by atoms with Gasteiger partial charge in [0.2, 0.25) is 0 Å². The van der Waals surface area contributed by atoms with Crippen molar-refractivity contribution in [1.29, 1.82) is 0 Å². The highest BCUT2D eigenvalue weighted by atomic mass is 31.2. The molecule has 1 unspecified atom stereocenters. The van der Waals surface area contributed by atoms with Crippen molar-refractivity contribution in [3.05, 3.63) is 12.5 Å². The molecule has 0 bridgehead atoms. The van der Waals surface area contributed by atoms with Crippen LogP contribution < -0.4 is 11.1 Å². The first-order valence-corrected chi connectivity index (χ1v) is 32.8. The number of rotatable bonds is 89. The maximum absolute atomic E-state index is 12.9. The molecule has 0 aliphatic carbocycles. The van der Waals surface area contributed by atoms with Crippen LogP contribution in [0.4, 0.5) is 4.79 Å².